The van der Waals surface area contributed by atoms with Crippen LogP contribution in [-0.2, 0) is 0 Å². The van der Waals surface area contributed by atoms with Gasteiger partial charge in [-0.3, -0.25) is 4.79 Å². The zero-order valence-electron chi connectivity index (χ0n) is 9.04. The molecule has 1 aromatic heterocycles. The number of nitrogens with zero attached hydrogens (tertiary/aromatic N) is 2. The van der Waals surface area contributed by atoms with E-state index in [4.69, 9.17) is 9.63 Å². The molecule has 0 fully saturated rings. The molecule has 16 heavy (non-hydrogen) atoms. The van der Waals surface area contributed by atoms with E-state index in [1.165, 1.54) is 0 Å². The Balaban J connectivity index is 0.000000606. The van der Waals surface area contributed by atoms with Crippen LogP contribution >= 0.6 is 0 Å². The highest BCUT2D eigenvalue weighted by molar-refractivity contribution is 5.76. The van der Waals surface area contributed by atoms with Crippen molar-refractivity contribution in [1.29, 1.82) is 0 Å². The smallest absolute Gasteiger partial charge is 0.223 e. The lowest BCUT2D eigenvalue weighted by Gasteiger charge is -1.93. The van der Waals surface area contributed by atoms with Crippen LogP contribution in [0.5, 0.6) is 0 Å². The zero-order chi connectivity index (χ0) is 12.0. The van der Waals surface area contributed by atoms with E-state index in [1.54, 1.807) is 31.2 Å². The van der Waals surface area contributed by atoms with Gasteiger partial charge >= 0.3 is 0 Å². The molecule has 1 aromatic carbocycles. The lowest BCUT2D eigenvalue weighted by atomic mass is 10.1. The maximum Gasteiger partial charge on any atom is 0.223 e. The Hall–Kier alpha value is -2.01. The van der Waals surface area contributed by atoms with Crippen LogP contribution in [0.15, 0.2) is 28.8 Å². The molecule has 0 aliphatic heterocycles. The minimum absolute atomic E-state index is 0.527. The van der Waals surface area contributed by atoms with Crippen LogP contribution in [0.1, 0.15) is 16.2 Å². The van der Waals surface area contributed by atoms with E-state index in [9.17, 15) is 4.79 Å². The molecule has 0 amide bonds. The van der Waals surface area contributed by atoms with Crippen LogP contribution in [0.3, 0.4) is 0 Å². The molecule has 0 saturated carbocycles. The van der Waals surface area contributed by atoms with Crippen LogP contribution in [0.25, 0.3) is 11.4 Å². The number of hydrogen-bond donors (Lipinski definition) is 1. The molecule has 5 nitrogen and oxygen atoms in total. The normalized spacial score (nSPS) is 9.19. The van der Waals surface area contributed by atoms with E-state index in [0.717, 1.165) is 19.0 Å². The molecule has 0 spiro atoms. The maximum absolute atomic E-state index is 10.4. The largest absolute Gasteiger partial charge is 0.400 e. The molecule has 0 atom stereocenters. The second kappa shape index (κ2) is 5.77. The fourth-order valence-electron chi connectivity index (χ4n) is 1.13. The number of aryl methyl sites for hydroxylation is 1. The average Bonchev–Trinajstić information content (AvgIpc) is 2.79. The van der Waals surface area contributed by atoms with E-state index < -0.39 is 0 Å². The quantitative estimate of drug-likeness (QED) is 0.775. The molecule has 0 saturated heterocycles. The molecule has 0 aliphatic rings. The van der Waals surface area contributed by atoms with Gasteiger partial charge in [0.1, 0.15) is 6.29 Å². The van der Waals surface area contributed by atoms with Gasteiger partial charge in [-0.15, -0.1) is 0 Å². The molecule has 84 valence electrons. The summed E-state index contributed by atoms with van der Waals surface area (Å²) < 4.78 is 4.84. The first-order chi connectivity index (χ1) is 7.79. The van der Waals surface area contributed by atoms with Gasteiger partial charge in [-0.2, -0.15) is 4.98 Å². The van der Waals surface area contributed by atoms with Gasteiger partial charge in [0.25, 0.3) is 0 Å². The summed E-state index contributed by atoms with van der Waals surface area (Å²) in [6, 6.07) is 7.00. The highest BCUT2D eigenvalue weighted by Gasteiger charge is 2.04. The summed E-state index contributed by atoms with van der Waals surface area (Å²) in [6.45, 7) is 1.73. The number of carbonyl (C=O) groups excluding carboxylic acids is 1. The van der Waals surface area contributed by atoms with Crippen molar-refractivity contribution in [3.63, 3.8) is 0 Å². The Kier molecular flexibility index (Phi) is 4.35. The fraction of sp³-hybridized carbons (Fsp3) is 0.182. The number of aldehydes is 1. The van der Waals surface area contributed by atoms with Gasteiger partial charge in [0.2, 0.25) is 11.7 Å². The van der Waals surface area contributed by atoms with Crippen LogP contribution < -0.4 is 0 Å². The van der Waals surface area contributed by atoms with Crippen molar-refractivity contribution in [2.24, 2.45) is 0 Å². The van der Waals surface area contributed by atoms with E-state index in [2.05, 4.69) is 10.1 Å². The first-order valence-electron chi connectivity index (χ1n) is 4.60. The van der Waals surface area contributed by atoms with Crippen molar-refractivity contribution in [3.05, 3.63) is 35.7 Å². The van der Waals surface area contributed by atoms with Crippen molar-refractivity contribution in [2.45, 2.75) is 6.92 Å². The molecule has 1 heterocycles. The summed E-state index contributed by atoms with van der Waals surface area (Å²) in [4.78, 5) is 14.5. The number of aliphatic hydroxyl groups is 1. The predicted molar refractivity (Wildman–Crippen MR) is 58.0 cm³/mol. The molecule has 0 bridgehead atoms. The highest BCUT2D eigenvalue weighted by Crippen LogP contribution is 2.15. The van der Waals surface area contributed by atoms with Crippen LogP contribution in [0.2, 0.25) is 0 Å². The van der Waals surface area contributed by atoms with E-state index in [1.807, 2.05) is 0 Å². The molecular weight excluding hydrogens is 208 g/mol. The van der Waals surface area contributed by atoms with E-state index >= 15 is 0 Å². The van der Waals surface area contributed by atoms with Crippen molar-refractivity contribution >= 4 is 6.29 Å². The number of benzene rings is 1. The number of aromatic nitrogens is 2. The minimum atomic E-state index is 0.527. The summed E-state index contributed by atoms with van der Waals surface area (Å²) in [5.74, 6) is 1.07. The van der Waals surface area contributed by atoms with Crippen molar-refractivity contribution in [3.8, 4) is 11.4 Å². The Labute approximate surface area is 92.7 Å². The SMILES string of the molecule is CO.Cc1nc(-c2ccc(C=O)cc2)no1. The molecule has 2 aromatic rings. The monoisotopic (exact) mass is 220 g/mol. The van der Waals surface area contributed by atoms with Gasteiger partial charge in [0.15, 0.2) is 0 Å². The van der Waals surface area contributed by atoms with Gasteiger partial charge in [-0.1, -0.05) is 29.4 Å². The van der Waals surface area contributed by atoms with Gasteiger partial charge in [0, 0.05) is 25.2 Å². The van der Waals surface area contributed by atoms with Crippen LogP contribution in [0.4, 0.5) is 0 Å². The lowest BCUT2D eigenvalue weighted by molar-refractivity contribution is 0.112. The highest BCUT2D eigenvalue weighted by atomic mass is 16.5. The molecular formula is C11H12N2O3. The Morgan fingerprint density at radius 3 is 2.31 bits per heavy atom. The third-order valence-corrected chi connectivity index (χ3v) is 1.83. The van der Waals surface area contributed by atoms with Crippen LogP contribution in [0, 0.1) is 6.92 Å². The average molecular weight is 220 g/mol. The van der Waals surface area contributed by atoms with E-state index in [0.29, 0.717) is 17.3 Å². The Bertz CT molecular complexity index is 449. The number of rotatable bonds is 2. The number of hydrogen-bond acceptors (Lipinski definition) is 5. The van der Waals surface area contributed by atoms with Crippen molar-refractivity contribution < 1.29 is 14.4 Å². The van der Waals surface area contributed by atoms with Gasteiger partial charge in [-0.25, -0.2) is 0 Å². The van der Waals surface area contributed by atoms with Crippen LogP contribution in [-0.4, -0.2) is 28.6 Å². The standard InChI is InChI=1S/C10H8N2O2.CH4O/c1-7-11-10(12-14-7)9-4-2-8(6-13)3-5-9;1-2/h2-6H,1H3;2H,1H3. The third kappa shape index (κ3) is 2.74. The fourth-order valence-corrected chi connectivity index (χ4v) is 1.13. The Morgan fingerprint density at radius 1 is 1.25 bits per heavy atom. The Morgan fingerprint density at radius 2 is 1.88 bits per heavy atom. The molecule has 1 N–H and O–H groups in total. The third-order valence-electron chi connectivity index (χ3n) is 1.83. The molecule has 0 unspecified atom stereocenters. The predicted octanol–water partition coefficient (Wildman–Crippen LogP) is 1.47. The summed E-state index contributed by atoms with van der Waals surface area (Å²) in [5, 5.41) is 10.8. The van der Waals surface area contributed by atoms with Crippen molar-refractivity contribution in [1.82, 2.24) is 10.1 Å². The van der Waals surface area contributed by atoms with Crippen molar-refractivity contribution in [2.75, 3.05) is 7.11 Å². The maximum atomic E-state index is 10.4. The molecule has 5 heteroatoms. The van der Waals surface area contributed by atoms with E-state index in [-0.39, 0.29) is 0 Å². The lowest BCUT2D eigenvalue weighted by Crippen LogP contribution is -1.82. The first-order valence-corrected chi connectivity index (χ1v) is 4.60. The summed E-state index contributed by atoms with van der Waals surface area (Å²) in [7, 11) is 1.00. The molecule has 2 rings (SSSR count). The number of carbonyl (C=O) groups is 1. The first kappa shape index (κ1) is 12.1. The second-order valence-corrected chi connectivity index (χ2v) is 2.88. The minimum Gasteiger partial charge on any atom is -0.400 e. The molecule has 0 radical (unpaired) electrons. The van der Waals surface area contributed by atoms with Gasteiger partial charge in [0.05, 0.1) is 0 Å². The topological polar surface area (TPSA) is 76.2 Å². The summed E-state index contributed by atoms with van der Waals surface area (Å²) in [6.07, 6.45) is 0.797. The molecule has 0 aliphatic carbocycles. The zero-order valence-corrected chi connectivity index (χ0v) is 9.04. The second-order valence-electron chi connectivity index (χ2n) is 2.88. The number of aliphatic hydroxyl groups excluding tert-OH is 1. The summed E-state index contributed by atoms with van der Waals surface area (Å²) in [5.41, 5.74) is 1.47. The van der Waals surface area contributed by atoms with Gasteiger partial charge in [-0.05, 0) is 0 Å². The van der Waals surface area contributed by atoms with Gasteiger partial charge < -0.3 is 9.63 Å². The summed E-state index contributed by atoms with van der Waals surface area (Å²) >= 11 is 0.